The number of phenolic OH excluding ortho intramolecular Hbond substituents is 3. The molecule has 1 aromatic rings. The first kappa shape index (κ1) is 8.49. The Hall–Kier alpha value is -2.11. The lowest BCUT2D eigenvalue weighted by atomic mass is 10.1. The maximum absolute atomic E-state index is 10.5. The summed E-state index contributed by atoms with van der Waals surface area (Å²) in [5.74, 6) is -2.17. The van der Waals surface area contributed by atoms with Crippen LogP contribution in [0.1, 0.15) is 10.4 Å². The first-order valence-corrected chi connectivity index (χ1v) is 3.68. The van der Waals surface area contributed by atoms with Gasteiger partial charge in [-0.15, -0.1) is 0 Å². The topological polar surface area (TPSA) is 96.2 Å². The van der Waals surface area contributed by atoms with Crippen molar-refractivity contribution in [1.29, 1.82) is 0 Å². The van der Waals surface area contributed by atoms with Crippen molar-refractivity contribution in [1.82, 2.24) is 0 Å². The highest BCUT2D eigenvalue weighted by Crippen LogP contribution is 2.53. The van der Waals surface area contributed by atoms with Crippen molar-refractivity contribution in [2.45, 2.75) is 0 Å². The average Bonchev–Trinajstić information content (AvgIpc) is 2.64. The molecule has 1 heterocycles. The van der Waals surface area contributed by atoms with Crippen LogP contribution in [-0.4, -0.2) is 28.4 Å². The number of benzene rings is 1. The predicted octanol–water partition coefficient (Wildman–Crippen LogP) is 0.345. The predicted molar refractivity (Wildman–Crippen MR) is 42.9 cm³/mol. The van der Waals surface area contributed by atoms with E-state index in [9.17, 15) is 20.1 Å². The third-order valence-electron chi connectivity index (χ3n) is 1.90. The van der Waals surface area contributed by atoms with Gasteiger partial charge in [-0.05, 0) is 0 Å². The minimum atomic E-state index is -0.721. The summed E-state index contributed by atoms with van der Waals surface area (Å²) in [7, 11) is 0. The highest BCUT2D eigenvalue weighted by Gasteiger charge is 2.29. The van der Waals surface area contributed by atoms with Crippen molar-refractivity contribution in [3.8, 4) is 28.7 Å². The summed E-state index contributed by atoms with van der Waals surface area (Å²) < 4.78 is 9.59. The van der Waals surface area contributed by atoms with Gasteiger partial charge in [-0.3, -0.25) is 4.79 Å². The van der Waals surface area contributed by atoms with E-state index in [0.29, 0.717) is 0 Å². The zero-order valence-electron chi connectivity index (χ0n) is 6.85. The van der Waals surface area contributed by atoms with E-state index in [2.05, 4.69) is 0 Å². The standard InChI is InChI=1S/C8H6O6/c9-1-3-4(10)6(12)8-7(5(3)11)13-2-14-8/h1,10-12H,2H2. The minimum Gasteiger partial charge on any atom is -0.504 e. The molecule has 6 heteroatoms. The molecule has 3 N–H and O–H groups in total. The highest BCUT2D eigenvalue weighted by molar-refractivity contribution is 5.89. The van der Waals surface area contributed by atoms with Crippen LogP contribution in [0.15, 0.2) is 0 Å². The molecule has 1 aliphatic heterocycles. The average molecular weight is 198 g/mol. The number of carbonyl (C=O) groups excluding carboxylic acids is 1. The second kappa shape index (κ2) is 2.69. The third kappa shape index (κ3) is 0.875. The van der Waals surface area contributed by atoms with E-state index in [-0.39, 0.29) is 24.6 Å². The molecule has 2 rings (SSSR count). The molecule has 0 atom stereocenters. The highest BCUT2D eigenvalue weighted by atomic mass is 16.7. The number of aromatic hydroxyl groups is 3. The van der Waals surface area contributed by atoms with Crippen LogP contribution < -0.4 is 9.47 Å². The lowest BCUT2D eigenvalue weighted by Crippen LogP contribution is -1.93. The number of ether oxygens (including phenoxy) is 2. The van der Waals surface area contributed by atoms with Crippen LogP contribution in [0.2, 0.25) is 0 Å². The van der Waals surface area contributed by atoms with E-state index in [0.717, 1.165) is 0 Å². The number of carbonyl (C=O) groups is 1. The maximum Gasteiger partial charge on any atom is 0.231 e. The van der Waals surface area contributed by atoms with Crippen molar-refractivity contribution in [3.63, 3.8) is 0 Å². The van der Waals surface area contributed by atoms with Gasteiger partial charge in [0.25, 0.3) is 0 Å². The zero-order chi connectivity index (χ0) is 10.3. The molecule has 0 aromatic heterocycles. The smallest absolute Gasteiger partial charge is 0.231 e. The quantitative estimate of drug-likeness (QED) is 0.342. The Morgan fingerprint density at radius 2 is 1.57 bits per heavy atom. The number of hydrogen-bond donors (Lipinski definition) is 3. The number of hydrogen-bond acceptors (Lipinski definition) is 6. The molecule has 14 heavy (non-hydrogen) atoms. The van der Waals surface area contributed by atoms with E-state index < -0.39 is 22.8 Å². The third-order valence-corrected chi connectivity index (χ3v) is 1.90. The summed E-state index contributed by atoms with van der Waals surface area (Å²) in [5.41, 5.74) is -0.424. The molecule has 0 saturated heterocycles. The normalized spacial score (nSPS) is 12.9. The molecule has 6 nitrogen and oxygen atoms in total. The van der Waals surface area contributed by atoms with Gasteiger partial charge in [-0.1, -0.05) is 0 Å². The van der Waals surface area contributed by atoms with Gasteiger partial charge in [0.2, 0.25) is 24.0 Å². The molecule has 0 spiro atoms. The van der Waals surface area contributed by atoms with Gasteiger partial charge < -0.3 is 24.8 Å². The summed E-state index contributed by atoms with van der Waals surface area (Å²) in [4.78, 5) is 10.5. The molecule has 1 aromatic carbocycles. The van der Waals surface area contributed by atoms with E-state index in [1.165, 1.54) is 0 Å². The molecular weight excluding hydrogens is 192 g/mol. The second-order valence-corrected chi connectivity index (χ2v) is 2.64. The summed E-state index contributed by atoms with van der Waals surface area (Å²) >= 11 is 0. The molecule has 0 unspecified atom stereocenters. The van der Waals surface area contributed by atoms with Crippen molar-refractivity contribution >= 4 is 6.29 Å². The van der Waals surface area contributed by atoms with Gasteiger partial charge in [0.05, 0.1) is 0 Å². The fraction of sp³-hybridized carbons (Fsp3) is 0.125. The van der Waals surface area contributed by atoms with Gasteiger partial charge in [0.1, 0.15) is 5.56 Å². The van der Waals surface area contributed by atoms with Crippen molar-refractivity contribution < 1.29 is 29.6 Å². The number of phenols is 3. The van der Waals surface area contributed by atoms with E-state index in [1.54, 1.807) is 0 Å². The van der Waals surface area contributed by atoms with Crippen LogP contribution in [0.25, 0.3) is 0 Å². The molecule has 0 bridgehead atoms. The van der Waals surface area contributed by atoms with Gasteiger partial charge in [-0.2, -0.15) is 0 Å². The summed E-state index contributed by atoms with van der Waals surface area (Å²) in [6.45, 7) is -0.182. The first-order chi connectivity index (χ1) is 6.66. The van der Waals surface area contributed by atoms with Gasteiger partial charge in [0.15, 0.2) is 17.8 Å². The molecular formula is C8H6O6. The van der Waals surface area contributed by atoms with Gasteiger partial charge in [0, 0.05) is 0 Å². The Kier molecular flexibility index (Phi) is 1.63. The Bertz CT molecular complexity index is 411. The van der Waals surface area contributed by atoms with Crippen molar-refractivity contribution in [2.75, 3.05) is 6.79 Å². The lowest BCUT2D eigenvalue weighted by Gasteiger charge is -2.06. The first-order valence-electron chi connectivity index (χ1n) is 3.68. The Balaban J connectivity index is 2.79. The van der Waals surface area contributed by atoms with Gasteiger partial charge in [-0.25, -0.2) is 0 Å². The Morgan fingerprint density at radius 1 is 1.00 bits per heavy atom. The molecule has 0 amide bonds. The second-order valence-electron chi connectivity index (χ2n) is 2.64. The zero-order valence-corrected chi connectivity index (χ0v) is 6.85. The fourth-order valence-corrected chi connectivity index (χ4v) is 1.21. The molecule has 1 aliphatic rings. The number of rotatable bonds is 1. The van der Waals surface area contributed by atoms with E-state index in [1.807, 2.05) is 0 Å². The van der Waals surface area contributed by atoms with Crippen LogP contribution in [0.4, 0.5) is 0 Å². The summed E-state index contributed by atoms with van der Waals surface area (Å²) in [6.07, 6.45) is 0.215. The monoisotopic (exact) mass is 198 g/mol. The number of aldehydes is 1. The van der Waals surface area contributed by atoms with Crippen LogP contribution in [0.3, 0.4) is 0 Å². The molecule has 0 saturated carbocycles. The Morgan fingerprint density at radius 3 is 2.14 bits per heavy atom. The number of fused-ring (bicyclic) bond motifs is 1. The SMILES string of the molecule is O=Cc1c(O)c(O)c2c(c1O)OCO2. The van der Waals surface area contributed by atoms with Crippen LogP contribution in [0, 0.1) is 0 Å². The van der Waals surface area contributed by atoms with Crippen molar-refractivity contribution in [2.24, 2.45) is 0 Å². The van der Waals surface area contributed by atoms with Crippen molar-refractivity contribution in [3.05, 3.63) is 5.56 Å². The molecule has 0 fully saturated rings. The van der Waals surface area contributed by atoms with Crippen LogP contribution >= 0.6 is 0 Å². The van der Waals surface area contributed by atoms with E-state index in [4.69, 9.17) is 9.47 Å². The summed E-state index contributed by atoms with van der Waals surface area (Å²) in [5, 5.41) is 28.0. The maximum atomic E-state index is 10.5. The fourth-order valence-electron chi connectivity index (χ4n) is 1.21. The van der Waals surface area contributed by atoms with Gasteiger partial charge >= 0.3 is 0 Å². The molecule has 74 valence electrons. The molecule has 0 aliphatic carbocycles. The van der Waals surface area contributed by atoms with E-state index >= 15 is 0 Å². The lowest BCUT2D eigenvalue weighted by molar-refractivity contribution is 0.111. The summed E-state index contributed by atoms with van der Waals surface area (Å²) in [6, 6.07) is 0. The van der Waals surface area contributed by atoms with Crippen LogP contribution in [-0.2, 0) is 0 Å². The Labute approximate surface area is 77.9 Å². The largest absolute Gasteiger partial charge is 0.504 e. The van der Waals surface area contributed by atoms with Crippen LogP contribution in [0.5, 0.6) is 28.7 Å². The minimum absolute atomic E-state index is 0.137. The molecule has 0 radical (unpaired) electrons.